The molecule has 0 bridgehead atoms. The van der Waals surface area contributed by atoms with Crippen LogP contribution in [-0.4, -0.2) is 27.6 Å². The van der Waals surface area contributed by atoms with Crippen LogP contribution < -0.4 is 9.88 Å². The Morgan fingerprint density at radius 2 is 2.16 bits per heavy atom. The van der Waals surface area contributed by atoms with E-state index in [2.05, 4.69) is 4.74 Å². The molecule has 19 heavy (non-hydrogen) atoms. The third kappa shape index (κ3) is 4.11. The fraction of sp³-hybridized carbons (Fsp3) is 0.444. The van der Waals surface area contributed by atoms with Gasteiger partial charge in [-0.2, -0.15) is 8.78 Å². The van der Waals surface area contributed by atoms with Gasteiger partial charge in [-0.1, -0.05) is 6.92 Å². The predicted octanol–water partition coefficient (Wildman–Crippen LogP) is 1.56. The van der Waals surface area contributed by atoms with E-state index >= 15 is 0 Å². The molecule has 1 aromatic rings. The first-order valence-electron chi connectivity index (χ1n) is 5.03. The number of ether oxygens (including phenoxy) is 2. The van der Waals surface area contributed by atoms with E-state index in [0.29, 0.717) is 17.8 Å². The molecule has 0 aromatic carbocycles. The summed E-state index contributed by atoms with van der Waals surface area (Å²) in [6.07, 6.45) is 0.530. The van der Waals surface area contributed by atoms with E-state index in [-0.39, 0.29) is 11.5 Å². The van der Waals surface area contributed by atoms with Gasteiger partial charge in [0.25, 0.3) is 0 Å². The molecule has 0 radical (unpaired) electrons. The van der Waals surface area contributed by atoms with Crippen molar-refractivity contribution in [1.29, 1.82) is 0 Å². The van der Waals surface area contributed by atoms with Gasteiger partial charge < -0.3 is 9.47 Å². The lowest BCUT2D eigenvalue weighted by Gasteiger charge is -2.06. The Kier molecular flexibility index (Phi) is 5.20. The molecule has 0 aliphatic rings. The number of nitrogens with two attached hydrogens (primary N) is 1. The molecule has 1 heterocycles. The molecule has 1 rings (SSSR count). The van der Waals surface area contributed by atoms with Crippen LogP contribution in [0.1, 0.15) is 23.0 Å². The van der Waals surface area contributed by atoms with E-state index in [1.807, 2.05) is 0 Å². The molecular formula is C9H11F2NO5S2. The van der Waals surface area contributed by atoms with Crippen LogP contribution in [0.15, 0.2) is 10.3 Å². The van der Waals surface area contributed by atoms with Gasteiger partial charge in [-0.3, -0.25) is 0 Å². The van der Waals surface area contributed by atoms with Crippen LogP contribution in [0.4, 0.5) is 8.78 Å². The summed E-state index contributed by atoms with van der Waals surface area (Å²) < 4.78 is 55.7. The van der Waals surface area contributed by atoms with E-state index in [4.69, 9.17) is 9.88 Å². The second-order valence-electron chi connectivity index (χ2n) is 3.32. The Morgan fingerprint density at radius 3 is 2.63 bits per heavy atom. The third-order valence-corrected chi connectivity index (χ3v) is 3.88. The van der Waals surface area contributed by atoms with Crippen LogP contribution in [0, 0.1) is 0 Å². The Labute approximate surface area is 112 Å². The molecule has 0 saturated carbocycles. The molecule has 0 amide bonds. The average Bonchev–Trinajstić information content (AvgIpc) is 2.68. The summed E-state index contributed by atoms with van der Waals surface area (Å²) >= 11 is 0.612. The maximum atomic E-state index is 12.1. The number of rotatable bonds is 6. The Bertz CT molecular complexity index is 555. The lowest BCUT2D eigenvalue weighted by Crippen LogP contribution is -2.18. The minimum atomic E-state index is -4.39. The number of carbonyl (C=O) groups is 1. The number of halogens is 2. The molecule has 0 spiro atoms. The van der Waals surface area contributed by atoms with E-state index in [9.17, 15) is 22.0 Å². The zero-order valence-corrected chi connectivity index (χ0v) is 11.4. The largest absolute Gasteiger partial charge is 0.461 e. The lowest BCUT2D eigenvalue weighted by molar-refractivity contribution is -0.0514. The molecule has 0 unspecified atom stereocenters. The highest BCUT2D eigenvalue weighted by molar-refractivity contribution is 7.89. The second kappa shape index (κ2) is 6.26. The summed E-state index contributed by atoms with van der Waals surface area (Å²) in [6, 6.07) is 0. The van der Waals surface area contributed by atoms with Crippen LogP contribution in [0.3, 0.4) is 0 Å². The average molecular weight is 315 g/mol. The number of hydrogen-bond donors (Lipinski definition) is 1. The number of hydrogen-bond acceptors (Lipinski definition) is 6. The molecule has 2 N–H and O–H groups in total. The topological polar surface area (TPSA) is 95.7 Å². The van der Waals surface area contributed by atoms with Crippen LogP contribution in [-0.2, 0) is 14.8 Å². The molecular weight excluding hydrogens is 304 g/mol. The minimum Gasteiger partial charge on any atom is -0.461 e. The number of esters is 1. The van der Waals surface area contributed by atoms with Gasteiger partial charge in [0.1, 0.15) is 9.77 Å². The van der Waals surface area contributed by atoms with E-state index < -0.39 is 33.2 Å². The van der Waals surface area contributed by atoms with Crippen molar-refractivity contribution in [2.75, 3.05) is 6.61 Å². The zero-order valence-electron chi connectivity index (χ0n) is 9.76. The van der Waals surface area contributed by atoms with Gasteiger partial charge in [0, 0.05) is 5.38 Å². The van der Waals surface area contributed by atoms with E-state index in [1.54, 1.807) is 6.92 Å². The lowest BCUT2D eigenvalue weighted by atomic mass is 10.4. The molecule has 10 heteroatoms. The Morgan fingerprint density at radius 1 is 1.53 bits per heavy atom. The van der Waals surface area contributed by atoms with Crippen molar-refractivity contribution in [3.8, 4) is 5.75 Å². The summed E-state index contributed by atoms with van der Waals surface area (Å²) in [5.41, 5.74) is 0. The third-order valence-electron chi connectivity index (χ3n) is 1.84. The highest BCUT2D eigenvalue weighted by atomic mass is 32.2. The molecule has 108 valence electrons. The molecule has 0 atom stereocenters. The molecule has 6 nitrogen and oxygen atoms in total. The van der Waals surface area contributed by atoms with Crippen molar-refractivity contribution in [2.45, 2.75) is 24.9 Å². The smallest absolute Gasteiger partial charge is 0.387 e. The van der Waals surface area contributed by atoms with E-state index in [1.165, 1.54) is 0 Å². The molecule has 0 aliphatic heterocycles. The van der Waals surface area contributed by atoms with Gasteiger partial charge in [-0.15, -0.1) is 11.3 Å². The fourth-order valence-electron chi connectivity index (χ4n) is 1.18. The van der Waals surface area contributed by atoms with Crippen molar-refractivity contribution >= 4 is 27.3 Å². The summed E-state index contributed by atoms with van der Waals surface area (Å²) in [6.45, 7) is -1.41. The van der Waals surface area contributed by atoms with Crippen LogP contribution in [0.5, 0.6) is 5.75 Å². The van der Waals surface area contributed by atoms with Crippen molar-refractivity contribution in [3.63, 3.8) is 0 Å². The van der Waals surface area contributed by atoms with Gasteiger partial charge >= 0.3 is 12.6 Å². The van der Waals surface area contributed by atoms with Gasteiger partial charge in [-0.25, -0.2) is 18.4 Å². The van der Waals surface area contributed by atoms with Crippen LogP contribution in [0.25, 0.3) is 0 Å². The Balaban J connectivity index is 3.19. The molecule has 1 aromatic heterocycles. The summed E-state index contributed by atoms with van der Waals surface area (Å²) in [7, 11) is -4.39. The normalized spacial score (nSPS) is 11.6. The quantitative estimate of drug-likeness (QED) is 0.804. The second-order valence-corrected chi connectivity index (χ2v) is 5.70. The number of primary sulfonamides is 1. The summed E-state index contributed by atoms with van der Waals surface area (Å²) in [4.78, 5) is 10.4. The van der Waals surface area contributed by atoms with Gasteiger partial charge in [0.15, 0.2) is 5.75 Å². The van der Waals surface area contributed by atoms with Crippen LogP contribution >= 0.6 is 11.3 Å². The van der Waals surface area contributed by atoms with Crippen molar-refractivity contribution < 1.29 is 31.5 Å². The molecule has 0 saturated heterocycles. The van der Waals surface area contributed by atoms with Gasteiger partial charge in [-0.05, 0) is 6.42 Å². The molecule has 0 fully saturated rings. The number of carbonyl (C=O) groups excluding carboxylic acids is 1. The first-order chi connectivity index (χ1) is 8.77. The monoisotopic (exact) mass is 315 g/mol. The Hall–Kier alpha value is -1.26. The SMILES string of the molecule is CCCOC(=O)c1scc(OC(F)F)c1S(N)(=O)=O. The predicted molar refractivity (Wildman–Crippen MR) is 62.9 cm³/mol. The highest BCUT2D eigenvalue weighted by Gasteiger charge is 2.29. The maximum absolute atomic E-state index is 12.1. The summed E-state index contributed by atoms with van der Waals surface area (Å²) in [5.74, 6) is -1.61. The van der Waals surface area contributed by atoms with Crippen molar-refractivity contribution in [1.82, 2.24) is 0 Å². The highest BCUT2D eigenvalue weighted by Crippen LogP contribution is 2.34. The zero-order chi connectivity index (χ0) is 14.6. The fourth-order valence-corrected chi connectivity index (χ4v) is 3.24. The molecule has 0 aliphatic carbocycles. The van der Waals surface area contributed by atoms with E-state index in [0.717, 1.165) is 5.38 Å². The van der Waals surface area contributed by atoms with Crippen molar-refractivity contribution in [3.05, 3.63) is 10.3 Å². The van der Waals surface area contributed by atoms with Crippen molar-refractivity contribution in [2.24, 2.45) is 5.14 Å². The van der Waals surface area contributed by atoms with Gasteiger partial charge in [0.2, 0.25) is 10.0 Å². The minimum absolute atomic E-state index is 0.0752. The summed E-state index contributed by atoms with van der Waals surface area (Å²) in [5, 5.41) is 5.86. The standard InChI is InChI=1S/C9H11F2NO5S2/c1-2-3-16-8(13)6-7(19(12,14)15)5(4-18-6)17-9(10)11/h4,9H,2-3H2,1H3,(H2,12,14,15). The van der Waals surface area contributed by atoms with Gasteiger partial charge in [0.05, 0.1) is 6.61 Å². The van der Waals surface area contributed by atoms with Crippen LogP contribution in [0.2, 0.25) is 0 Å². The first kappa shape index (κ1) is 15.8. The number of sulfonamides is 1. The number of alkyl halides is 2. The number of thiophene rings is 1. The first-order valence-corrected chi connectivity index (χ1v) is 7.46. The maximum Gasteiger partial charge on any atom is 0.387 e.